The number of benzene rings is 2. The van der Waals surface area contributed by atoms with Crippen molar-refractivity contribution in [1.29, 1.82) is 0 Å². The van der Waals surface area contributed by atoms with Crippen LogP contribution in [0, 0.1) is 6.92 Å². The van der Waals surface area contributed by atoms with Gasteiger partial charge >= 0.3 is 0 Å². The number of nitrogens with one attached hydrogen (secondary N) is 1. The highest BCUT2D eigenvalue weighted by atomic mass is 16.5. The Labute approximate surface area is 125 Å². The fraction of sp³-hybridized carbons (Fsp3) is 0.235. The lowest BCUT2D eigenvalue weighted by molar-refractivity contribution is 0.0994. The lowest BCUT2D eigenvalue weighted by Crippen LogP contribution is -2.26. The molecule has 2 aromatic rings. The Bertz CT molecular complexity index is 636. The summed E-state index contributed by atoms with van der Waals surface area (Å²) >= 11 is 0. The minimum atomic E-state index is -0.0514. The van der Waals surface area contributed by atoms with E-state index in [4.69, 9.17) is 4.74 Å². The topological polar surface area (TPSA) is 41.6 Å². The first-order valence-electron chi connectivity index (χ1n) is 6.77. The maximum atomic E-state index is 12.6. The van der Waals surface area contributed by atoms with Crippen LogP contribution in [0.5, 0.6) is 5.75 Å². The molecule has 0 radical (unpaired) electrons. The molecule has 4 heteroatoms. The van der Waals surface area contributed by atoms with E-state index in [2.05, 4.69) is 5.32 Å². The molecule has 0 atom stereocenters. The summed E-state index contributed by atoms with van der Waals surface area (Å²) < 4.78 is 5.13. The number of hydrogen-bond acceptors (Lipinski definition) is 3. The minimum Gasteiger partial charge on any atom is -0.497 e. The molecule has 4 nitrogen and oxygen atoms in total. The Hall–Kier alpha value is -2.49. The highest BCUT2D eigenvalue weighted by Gasteiger charge is 2.16. The number of aryl methyl sites for hydroxylation is 1. The first-order valence-corrected chi connectivity index (χ1v) is 6.77. The summed E-state index contributed by atoms with van der Waals surface area (Å²) in [7, 11) is 5.21. The van der Waals surface area contributed by atoms with E-state index in [1.54, 1.807) is 19.1 Å². The number of methoxy groups -OCH3 is 1. The van der Waals surface area contributed by atoms with Crippen molar-refractivity contribution in [1.82, 2.24) is 0 Å². The number of ether oxygens (including phenoxy) is 1. The quantitative estimate of drug-likeness (QED) is 0.936. The van der Waals surface area contributed by atoms with Gasteiger partial charge in [0.25, 0.3) is 5.91 Å². The summed E-state index contributed by atoms with van der Waals surface area (Å²) in [5.41, 5.74) is 3.42. The third-order valence-corrected chi connectivity index (χ3v) is 3.44. The average molecular weight is 284 g/mol. The minimum absolute atomic E-state index is 0.0514. The Kier molecular flexibility index (Phi) is 4.48. The molecule has 0 fully saturated rings. The van der Waals surface area contributed by atoms with Crippen molar-refractivity contribution < 1.29 is 9.53 Å². The van der Waals surface area contributed by atoms with Crippen molar-refractivity contribution in [3.8, 4) is 5.75 Å². The van der Waals surface area contributed by atoms with Gasteiger partial charge in [0.1, 0.15) is 5.75 Å². The molecular weight excluding hydrogens is 264 g/mol. The van der Waals surface area contributed by atoms with E-state index < -0.39 is 0 Å². The van der Waals surface area contributed by atoms with Crippen LogP contribution in [-0.2, 0) is 0 Å². The van der Waals surface area contributed by atoms with E-state index in [0.29, 0.717) is 5.56 Å². The molecule has 2 aromatic carbocycles. The van der Waals surface area contributed by atoms with Crippen molar-refractivity contribution in [2.45, 2.75) is 6.92 Å². The van der Waals surface area contributed by atoms with Crippen molar-refractivity contribution in [2.75, 3.05) is 31.4 Å². The van der Waals surface area contributed by atoms with Gasteiger partial charge in [-0.1, -0.05) is 6.07 Å². The molecule has 1 amide bonds. The summed E-state index contributed by atoms with van der Waals surface area (Å²) in [6.07, 6.45) is 0. The number of amides is 1. The third kappa shape index (κ3) is 3.16. The molecular formula is C17H20N2O2. The number of carbonyl (C=O) groups excluding carboxylic acids is 1. The second-order valence-electron chi connectivity index (χ2n) is 4.86. The van der Waals surface area contributed by atoms with Crippen LogP contribution in [0.15, 0.2) is 42.5 Å². The van der Waals surface area contributed by atoms with E-state index in [1.165, 1.54) is 0 Å². The Balaban J connectivity index is 2.30. The van der Waals surface area contributed by atoms with Gasteiger partial charge in [-0.25, -0.2) is 0 Å². The molecule has 0 aliphatic heterocycles. The third-order valence-electron chi connectivity index (χ3n) is 3.44. The molecule has 2 rings (SSSR count). The van der Waals surface area contributed by atoms with Gasteiger partial charge in [0.15, 0.2) is 0 Å². The van der Waals surface area contributed by atoms with Crippen molar-refractivity contribution >= 4 is 17.3 Å². The monoisotopic (exact) mass is 284 g/mol. The highest BCUT2D eigenvalue weighted by molar-refractivity contribution is 6.09. The predicted molar refractivity (Wildman–Crippen MR) is 86.5 cm³/mol. The van der Waals surface area contributed by atoms with E-state index >= 15 is 0 Å². The summed E-state index contributed by atoms with van der Waals surface area (Å²) in [6.45, 7) is 2.00. The molecule has 0 bridgehead atoms. The smallest absolute Gasteiger partial charge is 0.260 e. The SMILES string of the molecule is CNc1cc(C)ccc1C(=O)N(C)c1ccc(OC)cc1. The van der Waals surface area contributed by atoms with Crippen LogP contribution in [-0.4, -0.2) is 27.1 Å². The lowest BCUT2D eigenvalue weighted by atomic mass is 10.1. The highest BCUT2D eigenvalue weighted by Crippen LogP contribution is 2.23. The zero-order valence-electron chi connectivity index (χ0n) is 12.8. The fourth-order valence-electron chi connectivity index (χ4n) is 2.16. The van der Waals surface area contributed by atoms with Gasteiger partial charge in [-0.15, -0.1) is 0 Å². The summed E-state index contributed by atoms with van der Waals surface area (Å²) in [4.78, 5) is 14.3. The molecule has 0 saturated carbocycles. The van der Waals surface area contributed by atoms with Crippen LogP contribution in [0.4, 0.5) is 11.4 Å². The maximum absolute atomic E-state index is 12.6. The van der Waals surface area contributed by atoms with Gasteiger partial charge in [0.2, 0.25) is 0 Å². The Morgan fingerprint density at radius 2 is 1.81 bits per heavy atom. The Morgan fingerprint density at radius 1 is 1.14 bits per heavy atom. The molecule has 0 spiro atoms. The van der Waals surface area contributed by atoms with E-state index in [1.807, 2.05) is 56.4 Å². The van der Waals surface area contributed by atoms with E-state index in [-0.39, 0.29) is 5.91 Å². The lowest BCUT2D eigenvalue weighted by Gasteiger charge is -2.19. The van der Waals surface area contributed by atoms with Crippen LogP contribution in [0.3, 0.4) is 0 Å². The van der Waals surface area contributed by atoms with Crippen LogP contribution in [0.2, 0.25) is 0 Å². The van der Waals surface area contributed by atoms with Crippen LogP contribution >= 0.6 is 0 Å². The van der Waals surface area contributed by atoms with Gasteiger partial charge in [0, 0.05) is 25.5 Å². The van der Waals surface area contributed by atoms with Crippen molar-refractivity contribution in [2.24, 2.45) is 0 Å². The molecule has 0 heterocycles. The normalized spacial score (nSPS) is 10.1. The molecule has 0 unspecified atom stereocenters. The number of rotatable bonds is 4. The van der Waals surface area contributed by atoms with Gasteiger partial charge in [-0.05, 0) is 48.9 Å². The molecule has 110 valence electrons. The van der Waals surface area contributed by atoms with E-state index in [9.17, 15) is 4.79 Å². The number of carbonyl (C=O) groups is 1. The summed E-state index contributed by atoms with van der Waals surface area (Å²) in [5, 5.41) is 3.07. The first kappa shape index (κ1) is 14.9. The zero-order valence-corrected chi connectivity index (χ0v) is 12.8. The van der Waals surface area contributed by atoms with Crippen molar-refractivity contribution in [3.05, 3.63) is 53.6 Å². The number of hydrogen-bond donors (Lipinski definition) is 1. The standard InChI is InChI=1S/C17H20N2O2/c1-12-5-10-15(16(11-12)18-2)17(20)19(3)13-6-8-14(21-4)9-7-13/h5-11,18H,1-4H3. The number of anilines is 2. The Morgan fingerprint density at radius 3 is 2.38 bits per heavy atom. The summed E-state index contributed by atoms with van der Waals surface area (Å²) in [6, 6.07) is 13.2. The molecule has 1 N–H and O–H groups in total. The molecule has 0 aliphatic rings. The number of nitrogens with zero attached hydrogens (tertiary/aromatic N) is 1. The van der Waals surface area contributed by atoms with Gasteiger partial charge in [-0.3, -0.25) is 4.79 Å². The van der Waals surface area contributed by atoms with Crippen LogP contribution in [0.25, 0.3) is 0 Å². The van der Waals surface area contributed by atoms with Gasteiger partial charge in [0.05, 0.1) is 12.7 Å². The van der Waals surface area contributed by atoms with Crippen LogP contribution < -0.4 is 15.0 Å². The van der Waals surface area contributed by atoms with Crippen molar-refractivity contribution in [3.63, 3.8) is 0 Å². The molecule has 0 aromatic heterocycles. The summed E-state index contributed by atoms with van der Waals surface area (Å²) in [5.74, 6) is 0.718. The second-order valence-corrected chi connectivity index (χ2v) is 4.86. The van der Waals surface area contributed by atoms with Crippen LogP contribution in [0.1, 0.15) is 15.9 Å². The molecule has 0 saturated heterocycles. The van der Waals surface area contributed by atoms with E-state index in [0.717, 1.165) is 22.7 Å². The first-order chi connectivity index (χ1) is 10.1. The zero-order chi connectivity index (χ0) is 15.4. The fourth-order valence-corrected chi connectivity index (χ4v) is 2.16. The average Bonchev–Trinajstić information content (AvgIpc) is 2.53. The predicted octanol–water partition coefficient (Wildman–Crippen LogP) is 3.32. The second kappa shape index (κ2) is 6.31. The largest absolute Gasteiger partial charge is 0.497 e. The van der Waals surface area contributed by atoms with Gasteiger partial charge in [-0.2, -0.15) is 0 Å². The van der Waals surface area contributed by atoms with Gasteiger partial charge < -0.3 is 15.0 Å². The molecule has 21 heavy (non-hydrogen) atoms. The molecule has 0 aliphatic carbocycles. The maximum Gasteiger partial charge on any atom is 0.260 e.